The van der Waals surface area contributed by atoms with Gasteiger partial charge in [0.1, 0.15) is 12.4 Å². The normalized spacial score (nSPS) is 15.7. The Morgan fingerprint density at radius 2 is 2.29 bits per heavy atom. The summed E-state index contributed by atoms with van der Waals surface area (Å²) in [6.45, 7) is 4.87. The fourth-order valence-corrected chi connectivity index (χ4v) is 1.94. The molecule has 90 valence electrons. The zero-order chi connectivity index (χ0) is 11.8. The van der Waals surface area contributed by atoms with Crippen LogP contribution in [-0.4, -0.2) is 19.7 Å². The molecule has 0 bridgehead atoms. The first-order valence-corrected chi connectivity index (χ1v) is 6.07. The van der Waals surface area contributed by atoms with Crippen LogP contribution in [0.4, 0.5) is 0 Å². The molecule has 0 aromatic carbocycles. The molecule has 1 fully saturated rings. The minimum atomic E-state index is 0.399. The molecule has 17 heavy (non-hydrogen) atoms. The lowest BCUT2D eigenvalue weighted by molar-refractivity contribution is 0.364. The molecule has 0 aliphatic heterocycles. The van der Waals surface area contributed by atoms with E-state index >= 15 is 0 Å². The molecule has 1 aliphatic rings. The van der Waals surface area contributed by atoms with Gasteiger partial charge in [-0.3, -0.25) is 0 Å². The minimum Gasteiger partial charge on any atom is -0.337 e. The van der Waals surface area contributed by atoms with E-state index in [0.29, 0.717) is 24.3 Å². The van der Waals surface area contributed by atoms with Crippen molar-refractivity contribution in [3.05, 3.63) is 29.9 Å². The Bertz CT molecular complexity index is 510. The highest BCUT2D eigenvalue weighted by Crippen LogP contribution is 2.38. The molecule has 5 nitrogen and oxygen atoms in total. The summed E-state index contributed by atoms with van der Waals surface area (Å²) < 4.78 is 7.33. The third-order valence-corrected chi connectivity index (χ3v) is 3.00. The van der Waals surface area contributed by atoms with Crippen molar-refractivity contribution in [3.63, 3.8) is 0 Å². The number of imidazole rings is 1. The first-order valence-electron chi connectivity index (χ1n) is 6.07. The molecule has 1 saturated carbocycles. The summed E-state index contributed by atoms with van der Waals surface area (Å²) in [6, 6.07) is 0. The second-order valence-corrected chi connectivity index (χ2v) is 4.89. The van der Waals surface area contributed by atoms with Crippen molar-refractivity contribution in [2.75, 3.05) is 0 Å². The lowest BCUT2D eigenvalue weighted by atomic mass is 10.2. The minimum absolute atomic E-state index is 0.399. The van der Waals surface area contributed by atoms with Gasteiger partial charge in [0.05, 0.1) is 0 Å². The Morgan fingerprint density at radius 1 is 1.47 bits per heavy atom. The second-order valence-electron chi connectivity index (χ2n) is 4.89. The molecule has 1 aliphatic carbocycles. The molecule has 3 rings (SSSR count). The maximum Gasteiger partial charge on any atom is 0.246 e. The standard InChI is InChI=1S/C12H16N4O/c1-8(2)12-13-5-6-16(12)7-10-14-11(15-17-10)9-3-4-9/h5-6,8-9H,3-4,7H2,1-2H3. The van der Waals surface area contributed by atoms with Crippen molar-refractivity contribution in [3.8, 4) is 0 Å². The molecule has 2 aromatic heterocycles. The molecule has 0 N–H and O–H groups in total. The summed E-state index contributed by atoms with van der Waals surface area (Å²) in [6.07, 6.45) is 6.16. The molecule has 0 unspecified atom stereocenters. The van der Waals surface area contributed by atoms with Crippen molar-refractivity contribution in [1.82, 2.24) is 19.7 Å². The highest BCUT2D eigenvalue weighted by atomic mass is 16.5. The Labute approximate surface area is 99.9 Å². The van der Waals surface area contributed by atoms with Crippen LogP contribution in [0.2, 0.25) is 0 Å². The van der Waals surface area contributed by atoms with Crippen molar-refractivity contribution in [1.29, 1.82) is 0 Å². The Hall–Kier alpha value is -1.65. The second kappa shape index (κ2) is 3.98. The molecule has 5 heteroatoms. The smallest absolute Gasteiger partial charge is 0.246 e. The molecular formula is C12H16N4O. The topological polar surface area (TPSA) is 56.7 Å². The predicted molar refractivity (Wildman–Crippen MR) is 61.7 cm³/mol. The lowest BCUT2D eigenvalue weighted by Crippen LogP contribution is -2.06. The quantitative estimate of drug-likeness (QED) is 0.811. The van der Waals surface area contributed by atoms with Gasteiger partial charge in [0.25, 0.3) is 0 Å². The predicted octanol–water partition coefficient (Wildman–Crippen LogP) is 2.32. The van der Waals surface area contributed by atoms with Gasteiger partial charge in [0.15, 0.2) is 5.82 Å². The van der Waals surface area contributed by atoms with E-state index in [0.717, 1.165) is 11.6 Å². The average Bonchev–Trinajstić information content (AvgIpc) is 2.87. The van der Waals surface area contributed by atoms with Crippen LogP contribution < -0.4 is 0 Å². The molecule has 0 saturated heterocycles. The van der Waals surface area contributed by atoms with Crippen molar-refractivity contribution in [2.45, 2.75) is 45.1 Å². The Kier molecular flexibility index (Phi) is 2.46. The highest BCUT2D eigenvalue weighted by Gasteiger charge is 2.28. The first kappa shape index (κ1) is 10.5. The van der Waals surface area contributed by atoms with E-state index in [1.54, 1.807) is 0 Å². The van der Waals surface area contributed by atoms with Crippen molar-refractivity contribution < 1.29 is 4.52 Å². The Morgan fingerprint density at radius 3 is 3.00 bits per heavy atom. The zero-order valence-corrected chi connectivity index (χ0v) is 10.1. The summed E-state index contributed by atoms with van der Waals surface area (Å²) >= 11 is 0. The van der Waals surface area contributed by atoms with Gasteiger partial charge in [-0.05, 0) is 12.8 Å². The van der Waals surface area contributed by atoms with Crippen LogP contribution in [0.5, 0.6) is 0 Å². The number of hydrogen-bond donors (Lipinski definition) is 0. The van der Waals surface area contributed by atoms with Crippen LogP contribution in [0.3, 0.4) is 0 Å². The molecule has 0 atom stereocenters. The van der Waals surface area contributed by atoms with Gasteiger partial charge >= 0.3 is 0 Å². The van der Waals surface area contributed by atoms with Crippen molar-refractivity contribution >= 4 is 0 Å². The molecular weight excluding hydrogens is 216 g/mol. The summed E-state index contributed by atoms with van der Waals surface area (Å²) in [5.41, 5.74) is 0. The molecule has 2 heterocycles. The van der Waals surface area contributed by atoms with Crippen LogP contribution in [-0.2, 0) is 6.54 Å². The number of nitrogens with zero attached hydrogens (tertiary/aromatic N) is 4. The van der Waals surface area contributed by atoms with E-state index in [1.807, 2.05) is 12.4 Å². The van der Waals surface area contributed by atoms with E-state index in [4.69, 9.17) is 4.52 Å². The highest BCUT2D eigenvalue weighted by molar-refractivity contribution is 5.05. The van der Waals surface area contributed by atoms with E-state index < -0.39 is 0 Å². The van der Waals surface area contributed by atoms with Crippen LogP contribution in [0.1, 0.15) is 56.1 Å². The number of aromatic nitrogens is 4. The average molecular weight is 232 g/mol. The first-order chi connectivity index (χ1) is 8.24. The van der Waals surface area contributed by atoms with Gasteiger partial charge in [-0.1, -0.05) is 19.0 Å². The van der Waals surface area contributed by atoms with E-state index in [1.165, 1.54) is 12.8 Å². The number of rotatable bonds is 4. The fourth-order valence-electron chi connectivity index (χ4n) is 1.94. The maximum absolute atomic E-state index is 5.26. The molecule has 2 aromatic rings. The van der Waals surface area contributed by atoms with Crippen LogP contribution in [0, 0.1) is 0 Å². The SMILES string of the molecule is CC(C)c1nccn1Cc1nc(C2CC2)no1. The van der Waals surface area contributed by atoms with Crippen LogP contribution >= 0.6 is 0 Å². The van der Waals surface area contributed by atoms with Gasteiger partial charge in [0, 0.05) is 24.2 Å². The van der Waals surface area contributed by atoms with E-state index in [9.17, 15) is 0 Å². The van der Waals surface area contributed by atoms with Gasteiger partial charge in [0.2, 0.25) is 5.89 Å². The fraction of sp³-hybridized carbons (Fsp3) is 0.583. The van der Waals surface area contributed by atoms with Crippen molar-refractivity contribution in [2.24, 2.45) is 0 Å². The van der Waals surface area contributed by atoms with Gasteiger partial charge < -0.3 is 9.09 Å². The largest absolute Gasteiger partial charge is 0.337 e. The van der Waals surface area contributed by atoms with Crippen LogP contribution in [0.15, 0.2) is 16.9 Å². The van der Waals surface area contributed by atoms with Gasteiger partial charge in [-0.2, -0.15) is 4.98 Å². The lowest BCUT2D eigenvalue weighted by Gasteiger charge is -2.07. The summed E-state index contributed by atoms with van der Waals surface area (Å²) in [4.78, 5) is 8.76. The number of hydrogen-bond acceptors (Lipinski definition) is 4. The van der Waals surface area contributed by atoms with E-state index in [-0.39, 0.29) is 0 Å². The maximum atomic E-state index is 5.26. The molecule has 0 radical (unpaired) electrons. The Balaban J connectivity index is 1.78. The monoisotopic (exact) mass is 232 g/mol. The summed E-state index contributed by atoms with van der Waals surface area (Å²) in [7, 11) is 0. The molecule has 0 spiro atoms. The van der Waals surface area contributed by atoms with Crippen LogP contribution in [0.25, 0.3) is 0 Å². The third kappa shape index (κ3) is 2.09. The van der Waals surface area contributed by atoms with E-state index in [2.05, 4.69) is 33.5 Å². The summed E-state index contributed by atoms with van der Waals surface area (Å²) in [5, 5.41) is 4.01. The zero-order valence-electron chi connectivity index (χ0n) is 10.1. The summed E-state index contributed by atoms with van der Waals surface area (Å²) in [5.74, 6) is 3.53. The third-order valence-electron chi connectivity index (χ3n) is 3.00. The van der Waals surface area contributed by atoms with Gasteiger partial charge in [-0.25, -0.2) is 4.98 Å². The van der Waals surface area contributed by atoms with Gasteiger partial charge in [-0.15, -0.1) is 0 Å². The molecule has 0 amide bonds.